The summed E-state index contributed by atoms with van der Waals surface area (Å²) in [6.07, 6.45) is 0. The SMILES string of the molecule is O=C1OI(O)(O)(O)c2ccccc21. The fourth-order valence-electron chi connectivity index (χ4n) is 1.13. The molecule has 1 aromatic rings. The molecule has 13 heavy (non-hydrogen) atoms. The predicted octanol–water partition coefficient (Wildman–Crippen LogP) is 0.241. The Labute approximate surface area is 76.4 Å². The first-order chi connectivity index (χ1) is 5.88. The number of benzene rings is 1. The third-order valence-corrected chi connectivity index (χ3v) is 5.85. The number of hydrogen-bond acceptors (Lipinski definition) is 5. The molecule has 0 spiro atoms. The quantitative estimate of drug-likeness (QED) is 0.597. The molecule has 1 heterocycles. The number of carbonyl (C=O) groups excluding carboxylic acids is 1. The van der Waals surface area contributed by atoms with E-state index in [2.05, 4.69) is 3.07 Å². The predicted molar refractivity (Wildman–Crippen MR) is 51.2 cm³/mol. The van der Waals surface area contributed by atoms with Crippen LogP contribution in [0.2, 0.25) is 0 Å². The van der Waals surface area contributed by atoms with Crippen molar-refractivity contribution in [1.29, 1.82) is 0 Å². The molecule has 2 rings (SSSR count). The van der Waals surface area contributed by atoms with Crippen LogP contribution in [0.1, 0.15) is 10.4 Å². The Balaban J connectivity index is 2.75. The first-order valence-electron chi connectivity index (χ1n) is 3.34. The molecular weight excluding hydrogens is 291 g/mol. The van der Waals surface area contributed by atoms with Gasteiger partial charge < -0.3 is 0 Å². The van der Waals surface area contributed by atoms with Gasteiger partial charge >= 0.3 is 76.2 Å². The summed E-state index contributed by atoms with van der Waals surface area (Å²) in [5.41, 5.74) is 0.0177. The van der Waals surface area contributed by atoms with E-state index in [0.29, 0.717) is 0 Å². The molecule has 0 aliphatic carbocycles. The number of halogens is 1. The molecule has 0 saturated carbocycles. The van der Waals surface area contributed by atoms with E-state index in [4.69, 9.17) is 0 Å². The van der Waals surface area contributed by atoms with E-state index in [9.17, 15) is 15.1 Å². The van der Waals surface area contributed by atoms with Crippen molar-refractivity contribution in [3.8, 4) is 0 Å². The Kier molecular flexibility index (Phi) is 1.51. The van der Waals surface area contributed by atoms with Crippen molar-refractivity contribution in [3.63, 3.8) is 0 Å². The normalized spacial score (nSPS) is 25.5. The second-order valence-electron chi connectivity index (χ2n) is 2.61. The second-order valence-corrected chi connectivity index (χ2v) is 8.58. The molecule has 0 bridgehead atoms. The summed E-state index contributed by atoms with van der Waals surface area (Å²) in [6, 6.07) is 5.68. The van der Waals surface area contributed by atoms with Gasteiger partial charge in [0.25, 0.3) is 0 Å². The van der Waals surface area contributed by atoms with Gasteiger partial charge in [-0.25, -0.2) is 0 Å². The second kappa shape index (κ2) is 2.21. The van der Waals surface area contributed by atoms with Crippen molar-refractivity contribution < 1.29 is 18.2 Å². The van der Waals surface area contributed by atoms with Gasteiger partial charge in [0.15, 0.2) is 0 Å². The molecule has 0 fully saturated rings. The Morgan fingerprint density at radius 1 is 1.15 bits per heavy atom. The summed E-state index contributed by atoms with van der Waals surface area (Å²) in [6.45, 7) is 0. The summed E-state index contributed by atoms with van der Waals surface area (Å²) < 4.78 is 32.0. The zero-order valence-electron chi connectivity index (χ0n) is 6.35. The number of carbonyl (C=O) groups is 1. The maximum atomic E-state index is 11.0. The van der Waals surface area contributed by atoms with Crippen molar-refractivity contribution in [2.24, 2.45) is 0 Å². The van der Waals surface area contributed by atoms with Gasteiger partial charge in [-0.15, -0.1) is 0 Å². The van der Waals surface area contributed by atoms with Crippen molar-refractivity contribution >= 4 is 24.7 Å². The van der Waals surface area contributed by atoms with Crippen molar-refractivity contribution in [2.45, 2.75) is 0 Å². The standard InChI is InChI=1S/C7H7IO5/c9-7-5-3-1-2-4-6(5)8(10,11,12)13-7/h1-4,10-12H. The maximum absolute atomic E-state index is 11.0. The number of hydrogen-bond donors (Lipinski definition) is 3. The fourth-order valence-corrected chi connectivity index (χ4v) is 4.59. The number of rotatable bonds is 0. The van der Waals surface area contributed by atoms with E-state index in [0.717, 1.165) is 0 Å². The van der Waals surface area contributed by atoms with Gasteiger partial charge in [0.1, 0.15) is 0 Å². The van der Waals surface area contributed by atoms with Crippen LogP contribution in [0.4, 0.5) is 0 Å². The molecule has 3 N–H and O–H groups in total. The van der Waals surface area contributed by atoms with Crippen LogP contribution in [0.3, 0.4) is 0 Å². The molecule has 72 valence electrons. The summed E-state index contributed by atoms with van der Waals surface area (Å²) >= 11 is -5.96. The van der Waals surface area contributed by atoms with Crippen molar-refractivity contribution in [2.75, 3.05) is 0 Å². The first-order valence-corrected chi connectivity index (χ1v) is 8.19. The van der Waals surface area contributed by atoms with Crippen LogP contribution in [-0.4, -0.2) is 16.3 Å². The average molecular weight is 298 g/mol. The number of fused-ring (bicyclic) bond motifs is 1. The summed E-state index contributed by atoms with van der Waals surface area (Å²) in [7, 11) is 0. The Morgan fingerprint density at radius 2 is 1.77 bits per heavy atom. The molecule has 0 amide bonds. The zero-order valence-corrected chi connectivity index (χ0v) is 8.50. The van der Waals surface area contributed by atoms with Crippen LogP contribution in [-0.2, 0) is 3.07 Å². The topological polar surface area (TPSA) is 87.0 Å². The van der Waals surface area contributed by atoms with Crippen molar-refractivity contribution in [3.05, 3.63) is 33.4 Å². The minimum absolute atomic E-state index is 0.0177. The van der Waals surface area contributed by atoms with E-state index >= 15 is 0 Å². The zero-order chi connectivity index (χ0) is 9.71. The molecule has 5 nitrogen and oxygen atoms in total. The third kappa shape index (κ3) is 1.22. The van der Waals surface area contributed by atoms with Crippen LogP contribution < -0.4 is 0 Å². The Bertz CT molecular complexity index is 391. The van der Waals surface area contributed by atoms with Gasteiger partial charge in [-0.1, -0.05) is 0 Å². The van der Waals surface area contributed by atoms with Crippen LogP contribution in [0.5, 0.6) is 0 Å². The molecule has 1 aromatic carbocycles. The minimum atomic E-state index is -5.96. The summed E-state index contributed by atoms with van der Waals surface area (Å²) in [4.78, 5) is 11.0. The third-order valence-electron chi connectivity index (χ3n) is 1.66. The van der Waals surface area contributed by atoms with Crippen LogP contribution in [0.15, 0.2) is 24.3 Å². The summed E-state index contributed by atoms with van der Waals surface area (Å²) in [5, 5.41) is 0. The molecule has 0 aromatic heterocycles. The van der Waals surface area contributed by atoms with Crippen LogP contribution >= 0.6 is 18.7 Å². The van der Waals surface area contributed by atoms with E-state index in [1.807, 2.05) is 0 Å². The molecule has 0 unspecified atom stereocenters. The van der Waals surface area contributed by atoms with Gasteiger partial charge in [-0.05, 0) is 0 Å². The van der Waals surface area contributed by atoms with Gasteiger partial charge in [0, 0.05) is 0 Å². The molecule has 0 saturated heterocycles. The van der Waals surface area contributed by atoms with Gasteiger partial charge in [-0.3, -0.25) is 0 Å². The monoisotopic (exact) mass is 298 g/mol. The van der Waals surface area contributed by atoms with Gasteiger partial charge in [0.2, 0.25) is 0 Å². The molecule has 1 aliphatic heterocycles. The molecule has 1 aliphatic rings. The van der Waals surface area contributed by atoms with E-state index < -0.39 is 24.7 Å². The van der Waals surface area contributed by atoms with E-state index in [-0.39, 0.29) is 9.13 Å². The van der Waals surface area contributed by atoms with E-state index in [1.54, 1.807) is 6.07 Å². The van der Waals surface area contributed by atoms with Crippen LogP contribution in [0.25, 0.3) is 0 Å². The summed E-state index contributed by atoms with van der Waals surface area (Å²) in [5.74, 6) is -0.891. The Morgan fingerprint density at radius 3 is 2.38 bits per heavy atom. The van der Waals surface area contributed by atoms with Crippen molar-refractivity contribution in [1.82, 2.24) is 0 Å². The Hall–Kier alpha value is -0.700. The van der Waals surface area contributed by atoms with Gasteiger partial charge in [0.05, 0.1) is 0 Å². The van der Waals surface area contributed by atoms with Crippen LogP contribution in [0, 0.1) is 3.57 Å². The molecule has 0 atom stereocenters. The molecule has 6 heteroatoms. The van der Waals surface area contributed by atoms with Gasteiger partial charge in [-0.2, -0.15) is 0 Å². The molecule has 0 radical (unpaired) electrons. The molecular formula is C7H7IO5. The fraction of sp³-hybridized carbons (Fsp3) is 0. The first kappa shape index (κ1) is 8.88. The average Bonchev–Trinajstić information content (AvgIpc) is 2.20. The van der Waals surface area contributed by atoms with E-state index in [1.165, 1.54) is 18.2 Å².